The first-order valence-corrected chi connectivity index (χ1v) is 68.3. The number of para-hydroxylation sites is 4. The summed E-state index contributed by atoms with van der Waals surface area (Å²) in [6.07, 6.45) is 11.4. The molecular weight excluding hydrogens is 2160 g/mol. The van der Waals surface area contributed by atoms with E-state index in [4.69, 9.17) is 74.4 Å². The van der Waals surface area contributed by atoms with Crippen LogP contribution in [0.2, 0.25) is 0 Å². The molecule has 0 radical (unpaired) electrons. The monoisotopic (exact) mass is 2320 g/mol. The van der Waals surface area contributed by atoms with Gasteiger partial charge in [0.25, 0.3) is 0 Å². The van der Waals surface area contributed by atoms with Gasteiger partial charge in [0.05, 0.1) is 54.2 Å². The summed E-state index contributed by atoms with van der Waals surface area (Å²) < 4.78 is 33.5. The van der Waals surface area contributed by atoms with E-state index in [9.17, 15) is 0 Å². The van der Waals surface area contributed by atoms with Crippen molar-refractivity contribution < 1.29 is 82.5 Å². The standard InChI is InChI=1S/2C16H22N6.C12H18BN3.2C9H21N3.C8H10BN3.C6H15N3.3C4H8BN3.2CH3.8ClH.5Ti/c2*1-10-7-13(4)20(17-10)16(21-14(5)8-11(2)18-21)22-15(6)9-12(3)19-22;1-9(2)15-11-7-5-6-8-12(11)16(10(3)4)13(15)14;2*1-10-4-6-11(2)8-9-12(3)7-5-10;1-11-7-5-3-4-6-8(7)12(2)9(11)10;1-7-4-8(2)6-9(3)5-7;3*1-7-3-4-8(2)5(7)6;;;;;;;;;;;;;;;/h2*7-9,16H,1-6H3;5-10H,1-4H3;2*4-9H2,1-3H3;3-6H,1-2H3;4-6H2,1-3H3;3*3-4H,1-2H3;2*1H3;8*1H;;;;;/q;;;;;;;;;;2*-1;;;;;;;;;;4*+2/p-8. The molecular formula is C90H159B5Cl8N36Ti5-2. The summed E-state index contributed by atoms with van der Waals surface area (Å²) in [5.41, 5.74) is 17.2. The van der Waals surface area contributed by atoms with Gasteiger partial charge in [0, 0.05) is 113 Å². The first-order valence-electron chi connectivity index (χ1n) is 47.6. The van der Waals surface area contributed by atoms with Crippen LogP contribution in [-0.2, 0) is 82.5 Å². The van der Waals surface area contributed by atoms with Gasteiger partial charge in [-0.05, 0) is 183 Å². The predicted molar refractivity (Wildman–Crippen MR) is 592 cm³/mol. The molecule has 0 amide bonds. The van der Waals surface area contributed by atoms with Crippen LogP contribution in [0.4, 0.5) is 22.7 Å². The van der Waals surface area contributed by atoms with Gasteiger partial charge in [0.15, 0.2) is 0 Å². The summed E-state index contributed by atoms with van der Waals surface area (Å²) >= 11 is -6.85. The van der Waals surface area contributed by atoms with Crippen LogP contribution in [0, 0.1) is 97.9 Å². The van der Waals surface area contributed by atoms with Crippen LogP contribution >= 0.6 is 74.4 Å². The summed E-state index contributed by atoms with van der Waals surface area (Å²) in [6, 6.07) is 29.7. The number of rotatable bonds is 13. The van der Waals surface area contributed by atoms with Gasteiger partial charge in [0.2, 0.25) is 12.6 Å². The molecule has 0 unspecified atom stereocenters. The van der Waals surface area contributed by atoms with E-state index in [-0.39, 0.29) is 63.0 Å². The van der Waals surface area contributed by atoms with Gasteiger partial charge in [-0.25, -0.2) is 28.1 Å². The quantitative estimate of drug-likeness (QED) is 0.0771. The summed E-state index contributed by atoms with van der Waals surface area (Å²) in [6.45, 7) is 50.7. The molecule has 0 atom stereocenters. The fourth-order valence-electron chi connectivity index (χ4n) is 17.1. The van der Waals surface area contributed by atoms with Gasteiger partial charge >= 0.3 is 462 Å². The second kappa shape index (κ2) is 63.4. The average molecular weight is 2320 g/mol. The Balaban J connectivity index is 0.000000286. The van der Waals surface area contributed by atoms with Crippen LogP contribution in [0.1, 0.15) is 109 Å². The van der Waals surface area contributed by atoms with E-state index >= 15 is 0 Å². The number of aryl methyl sites for hydroxylation is 12. The molecule has 8 aliphatic heterocycles. The molecule has 8 aliphatic rings. The Labute approximate surface area is 932 Å². The van der Waals surface area contributed by atoms with E-state index in [2.05, 4.69) is 326 Å². The molecule has 54 heteroatoms. The number of nitrogens with zero attached hydrogens (tertiary/aromatic N) is 36. The third kappa shape index (κ3) is 40.3. The average Bonchev–Trinajstić information content (AvgIpc) is 1.60. The van der Waals surface area contributed by atoms with Crippen molar-refractivity contribution in [1.82, 2.24) is 132 Å². The third-order valence-corrected chi connectivity index (χ3v) is 30.6. The van der Waals surface area contributed by atoms with Crippen molar-refractivity contribution in [3.05, 3.63) is 205 Å². The van der Waals surface area contributed by atoms with E-state index < -0.39 is 62.3 Å². The van der Waals surface area contributed by atoms with Crippen molar-refractivity contribution in [2.45, 2.75) is 135 Å². The molecule has 16 rings (SSSR count). The van der Waals surface area contributed by atoms with Crippen molar-refractivity contribution in [1.29, 1.82) is 0 Å². The summed E-state index contributed by atoms with van der Waals surface area (Å²) in [7, 11) is 82.0. The Morgan fingerprint density at radius 2 is 0.451 bits per heavy atom. The zero-order valence-electron chi connectivity index (χ0n) is 92.0. The van der Waals surface area contributed by atoms with Crippen LogP contribution in [0.15, 0.2) is 139 Å². The molecule has 8 aromatic rings. The van der Waals surface area contributed by atoms with E-state index in [0.29, 0.717) is 12.1 Å². The van der Waals surface area contributed by atoms with Gasteiger partial charge in [0.1, 0.15) is 0 Å². The molecule has 0 bridgehead atoms. The van der Waals surface area contributed by atoms with Crippen LogP contribution in [0.25, 0.3) is 0 Å². The van der Waals surface area contributed by atoms with Crippen molar-refractivity contribution in [3.8, 4) is 0 Å². The SMILES string of the molecule is CC(C)N1B([N]=[Ti]([Cl])[Cl])N(C(C)C)c2ccccc21.CN1B([N]=[Ti]([Cl])[Cl])N(C)c2ccccc21.CN1C=CN(C)B1[N]=[Ti].CN1C=CN(C)B1[N]=[Ti]([Cl])[Cl].CN1C=CN(C)B1[N]=[Ti]([Cl])[Cl].CN1CCN(C)CCN(C)CC1.CN1CCN(C)CCN(C)CC1.CN1CN(C)CN(C)C1.Cc1cc(C)n(C(n2nc(C)cc2C)n2nc(C)cc2C)n1.Cc1cc(C)n(C(n2nc(C)cc2C)n2nc(C)cc2C)n1.[CH3-].[CH3-]. The number of fused-ring (bicyclic) bond motifs is 2. The van der Waals surface area contributed by atoms with Gasteiger partial charge in [-0.1, -0.05) is 0 Å². The van der Waals surface area contributed by atoms with Crippen LogP contribution in [-0.4, -0.2) is 398 Å². The van der Waals surface area contributed by atoms with Crippen LogP contribution < -0.4 is 19.2 Å². The van der Waals surface area contributed by atoms with E-state index in [1.165, 1.54) is 101 Å². The van der Waals surface area contributed by atoms with Crippen molar-refractivity contribution in [2.24, 2.45) is 16.6 Å². The Kier molecular flexibility index (Phi) is 57.4. The number of anilines is 4. The van der Waals surface area contributed by atoms with Gasteiger partial charge < -0.3 is 44.3 Å². The fraction of sp³-hybridized carbons (Fsp3) is 0.578. The molecule has 144 heavy (non-hydrogen) atoms. The molecule has 3 saturated heterocycles. The minimum absolute atomic E-state index is 0. The smallest absolute Gasteiger partial charge is 0.238 e. The normalized spacial score (nSPS) is 16.5. The third-order valence-electron chi connectivity index (χ3n) is 24.4. The van der Waals surface area contributed by atoms with Gasteiger partial charge in [-0.15, -0.1) is 0 Å². The molecule has 36 nitrogen and oxygen atoms in total. The van der Waals surface area contributed by atoms with Crippen LogP contribution in [0.5, 0.6) is 0 Å². The summed E-state index contributed by atoms with van der Waals surface area (Å²) in [5.74, 6) is 0. The maximum Gasteiger partial charge on any atom is 0.238 e. The first kappa shape index (κ1) is 130. The minimum atomic E-state index is -2.29. The number of likely N-dealkylation sites (N-methyl/N-ethyl adjacent to an activating group) is 6. The maximum absolute atomic E-state index is 6.05. The fourth-order valence-corrected chi connectivity index (χ4v) is 23.7. The van der Waals surface area contributed by atoms with Crippen molar-refractivity contribution in [3.63, 3.8) is 0 Å². The summed E-state index contributed by atoms with van der Waals surface area (Å²) in [4.78, 5) is 42.0. The Morgan fingerprint density at radius 1 is 0.271 bits per heavy atom. The Hall–Kier alpha value is -4.22. The Morgan fingerprint density at radius 3 is 0.618 bits per heavy atom. The van der Waals surface area contributed by atoms with Crippen molar-refractivity contribution >= 4 is 133 Å². The van der Waals surface area contributed by atoms with Crippen molar-refractivity contribution in [2.75, 3.05) is 238 Å². The summed E-state index contributed by atoms with van der Waals surface area (Å²) in [5, 5.41) is 28.0. The molecule has 0 aliphatic carbocycles. The first-order chi connectivity index (χ1) is 66.8. The second-order valence-corrected chi connectivity index (χ2v) is 58.2. The van der Waals surface area contributed by atoms with Gasteiger partial charge in [-0.3, -0.25) is 14.7 Å². The number of benzene rings is 2. The largest absolute Gasteiger partial charge is 0.358 e. The van der Waals surface area contributed by atoms with E-state index in [0.717, 1.165) is 88.3 Å². The zero-order valence-corrected chi connectivity index (χ0v) is 106. The zero-order chi connectivity index (χ0) is 106. The maximum atomic E-state index is 6.05. The molecule has 14 heterocycles. The predicted octanol–water partition coefficient (Wildman–Crippen LogP) is 15.3. The number of aromatic nitrogens is 12. The van der Waals surface area contributed by atoms with Crippen LogP contribution in [0.3, 0.4) is 0 Å². The molecule has 6 aromatic heterocycles. The minimum Gasteiger partial charge on any atom is -0.358 e. The molecule has 3 fully saturated rings. The number of hydrogen-bond donors (Lipinski definition) is 0. The van der Waals surface area contributed by atoms with Gasteiger partial charge in [-0.2, -0.15) is 30.6 Å². The number of hydrogen-bond acceptors (Lipinski definition) is 30. The molecule has 0 spiro atoms. The molecule has 0 N–H and O–H groups in total. The Bertz CT molecular complexity index is 4830. The molecule has 0 saturated carbocycles. The van der Waals surface area contributed by atoms with E-state index in [1.54, 1.807) is 0 Å². The second-order valence-electron chi connectivity index (χ2n) is 38.2. The number of halogens is 8. The molecule has 792 valence electrons. The molecule has 2 aromatic carbocycles. The van der Waals surface area contributed by atoms with E-state index in [1.807, 2.05) is 215 Å². The topological polar surface area (TPSA) is 230 Å².